The summed E-state index contributed by atoms with van der Waals surface area (Å²) >= 11 is 6.35. The lowest BCUT2D eigenvalue weighted by molar-refractivity contribution is 0.143. The summed E-state index contributed by atoms with van der Waals surface area (Å²) in [4.78, 5) is 12.3. The van der Waals surface area contributed by atoms with E-state index in [0.29, 0.717) is 24.6 Å². The highest BCUT2D eigenvalue weighted by molar-refractivity contribution is 6.36. The zero-order valence-electron chi connectivity index (χ0n) is 18.0. The summed E-state index contributed by atoms with van der Waals surface area (Å²) in [5, 5.41) is 5.51. The van der Waals surface area contributed by atoms with Gasteiger partial charge in [0.2, 0.25) is 0 Å². The van der Waals surface area contributed by atoms with E-state index in [4.69, 9.17) is 16.3 Å². The van der Waals surface area contributed by atoms with E-state index in [1.807, 2.05) is 60.7 Å². The molecular weight excluding hydrogens is 430 g/mol. The van der Waals surface area contributed by atoms with Gasteiger partial charge in [0.1, 0.15) is 6.61 Å². The maximum absolute atomic E-state index is 12.3. The van der Waals surface area contributed by atoms with Crippen molar-refractivity contribution < 1.29 is 9.53 Å². The Morgan fingerprint density at radius 1 is 0.879 bits per heavy atom. The summed E-state index contributed by atoms with van der Waals surface area (Å²) in [6.45, 7) is 0.724. The summed E-state index contributed by atoms with van der Waals surface area (Å²) in [6.07, 6.45) is 0.0947. The third-order valence-corrected chi connectivity index (χ3v) is 6.25. The molecule has 162 valence electrons. The number of benzene rings is 4. The third kappa shape index (κ3) is 4.31. The average molecular weight is 452 g/mol. The van der Waals surface area contributed by atoms with Crippen LogP contribution in [0.2, 0.25) is 5.02 Å². The van der Waals surface area contributed by atoms with Crippen LogP contribution in [0.25, 0.3) is 21.9 Å². The van der Waals surface area contributed by atoms with Crippen LogP contribution in [0.1, 0.15) is 29.0 Å². The predicted octanol–water partition coefficient (Wildman–Crippen LogP) is 6.77. The van der Waals surface area contributed by atoms with Crippen molar-refractivity contribution in [3.63, 3.8) is 0 Å². The van der Waals surface area contributed by atoms with Gasteiger partial charge in [-0.3, -0.25) is 0 Å². The number of ether oxygens (including phenoxy) is 1. The zero-order chi connectivity index (χ0) is 22.6. The summed E-state index contributed by atoms with van der Waals surface area (Å²) in [5.74, 6) is 6.35. The molecule has 0 saturated carbocycles. The molecule has 33 heavy (non-hydrogen) atoms. The predicted molar refractivity (Wildman–Crippen MR) is 134 cm³/mol. The van der Waals surface area contributed by atoms with Gasteiger partial charge in [0.05, 0.1) is 0 Å². The Hall–Kier alpha value is -3.74. The molecule has 4 aromatic carbocycles. The minimum absolute atomic E-state index is 0.0547. The van der Waals surface area contributed by atoms with Gasteiger partial charge in [-0.2, -0.15) is 0 Å². The molecule has 4 heteroatoms. The molecule has 1 aliphatic rings. The third-order valence-electron chi connectivity index (χ3n) is 5.94. The summed E-state index contributed by atoms with van der Waals surface area (Å²) in [6, 6.07) is 28.4. The molecule has 0 atom stereocenters. The van der Waals surface area contributed by atoms with Crippen molar-refractivity contribution in [3.05, 3.63) is 107 Å². The van der Waals surface area contributed by atoms with E-state index in [1.54, 1.807) is 0 Å². The largest absolute Gasteiger partial charge is 0.449 e. The lowest BCUT2D eigenvalue weighted by Crippen LogP contribution is -2.26. The van der Waals surface area contributed by atoms with Crippen molar-refractivity contribution in [3.8, 4) is 23.0 Å². The van der Waals surface area contributed by atoms with E-state index in [2.05, 4.69) is 41.4 Å². The van der Waals surface area contributed by atoms with Crippen molar-refractivity contribution in [1.82, 2.24) is 5.32 Å². The first kappa shape index (κ1) is 21.1. The Bertz CT molecular complexity index is 1350. The number of amides is 1. The van der Waals surface area contributed by atoms with Gasteiger partial charge in [0.15, 0.2) is 0 Å². The second-order valence-corrected chi connectivity index (χ2v) is 8.35. The zero-order valence-corrected chi connectivity index (χ0v) is 18.7. The van der Waals surface area contributed by atoms with Gasteiger partial charge in [0, 0.05) is 34.9 Å². The molecule has 5 rings (SSSR count). The van der Waals surface area contributed by atoms with E-state index in [9.17, 15) is 4.79 Å². The van der Waals surface area contributed by atoms with Crippen LogP contribution >= 0.6 is 11.6 Å². The second kappa shape index (κ2) is 9.40. The molecule has 1 aliphatic carbocycles. The van der Waals surface area contributed by atoms with Crippen molar-refractivity contribution in [2.24, 2.45) is 0 Å². The number of carbonyl (C=O) groups is 1. The summed E-state index contributed by atoms with van der Waals surface area (Å²) < 4.78 is 5.56. The van der Waals surface area contributed by atoms with Crippen LogP contribution in [-0.2, 0) is 4.74 Å². The van der Waals surface area contributed by atoms with Crippen LogP contribution in [0.4, 0.5) is 4.79 Å². The van der Waals surface area contributed by atoms with Gasteiger partial charge in [0.25, 0.3) is 0 Å². The van der Waals surface area contributed by atoms with Gasteiger partial charge >= 0.3 is 6.09 Å². The Morgan fingerprint density at radius 2 is 1.55 bits per heavy atom. The fraction of sp³-hybridized carbons (Fsp3) is 0.138. The molecule has 0 heterocycles. The number of hydrogen-bond donors (Lipinski definition) is 1. The first-order chi connectivity index (χ1) is 16.2. The van der Waals surface area contributed by atoms with E-state index in [1.165, 1.54) is 22.3 Å². The first-order valence-electron chi connectivity index (χ1n) is 11.0. The number of rotatable bonds is 4. The van der Waals surface area contributed by atoms with Crippen LogP contribution in [-0.4, -0.2) is 19.2 Å². The number of carbonyl (C=O) groups excluding carboxylic acids is 1. The molecule has 1 N–H and O–H groups in total. The summed E-state index contributed by atoms with van der Waals surface area (Å²) in [5.41, 5.74) is 5.72. The Labute approximate surface area is 198 Å². The van der Waals surface area contributed by atoms with E-state index >= 15 is 0 Å². The molecule has 0 radical (unpaired) electrons. The van der Waals surface area contributed by atoms with Crippen LogP contribution in [0.15, 0.2) is 84.9 Å². The van der Waals surface area contributed by atoms with Gasteiger partial charge < -0.3 is 10.1 Å². The molecule has 0 spiro atoms. The highest BCUT2D eigenvalue weighted by atomic mass is 35.5. The van der Waals surface area contributed by atoms with Gasteiger partial charge in [-0.25, -0.2) is 4.79 Å². The quantitative estimate of drug-likeness (QED) is 0.274. The fourth-order valence-corrected chi connectivity index (χ4v) is 4.72. The fourth-order valence-electron chi connectivity index (χ4n) is 4.43. The molecule has 3 nitrogen and oxygen atoms in total. The average Bonchev–Trinajstić information content (AvgIpc) is 3.16. The molecular formula is C29H22ClNO2. The Balaban J connectivity index is 1.17. The minimum Gasteiger partial charge on any atom is -0.449 e. The van der Waals surface area contributed by atoms with E-state index < -0.39 is 6.09 Å². The molecule has 0 saturated heterocycles. The minimum atomic E-state index is -0.424. The molecule has 0 fully saturated rings. The van der Waals surface area contributed by atoms with Crippen LogP contribution in [0.5, 0.6) is 0 Å². The topological polar surface area (TPSA) is 38.3 Å². The Kier molecular flexibility index (Phi) is 6.02. The second-order valence-electron chi connectivity index (χ2n) is 7.95. The van der Waals surface area contributed by atoms with Gasteiger partial charge in [-0.05, 0) is 39.8 Å². The van der Waals surface area contributed by atoms with Crippen molar-refractivity contribution in [2.75, 3.05) is 13.2 Å². The molecule has 4 aromatic rings. The highest BCUT2D eigenvalue weighted by Gasteiger charge is 2.28. The number of hydrogen-bond acceptors (Lipinski definition) is 2. The van der Waals surface area contributed by atoms with E-state index in [-0.39, 0.29) is 5.92 Å². The molecule has 1 amide bonds. The van der Waals surface area contributed by atoms with Crippen molar-refractivity contribution >= 4 is 28.5 Å². The number of alkyl carbamates (subject to hydrolysis) is 1. The molecule has 0 unspecified atom stereocenters. The van der Waals surface area contributed by atoms with Gasteiger partial charge in [-0.15, -0.1) is 0 Å². The Morgan fingerprint density at radius 3 is 2.27 bits per heavy atom. The monoisotopic (exact) mass is 451 g/mol. The number of nitrogens with one attached hydrogen (secondary N) is 1. The summed E-state index contributed by atoms with van der Waals surface area (Å²) in [7, 11) is 0. The lowest BCUT2D eigenvalue weighted by atomic mass is 9.98. The SMILES string of the molecule is O=C(NCCC#Cc1cccc2cccc(Cl)c12)OCC1c2ccccc2-c2ccccc21. The first-order valence-corrected chi connectivity index (χ1v) is 11.3. The van der Waals surface area contributed by atoms with Crippen LogP contribution < -0.4 is 5.32 Å². The van der Waals surface area contributed by atoms with Crippen molar-refractivity contribution in [1.29, 1.82) is 0 Å². The molecule has 0 aromatic heterocycles. The van der Waals surface area contributed by atoms with Gasteiger partial charge in [-0.1, -0.05) is 96.2 Å². The van der Waals surface area contributed by atoms with Crippen LogP contribution in [0.3, 0.4) is 0 Å². The normalized spacial score (nSPS) is 11.9. The maximum atomic E-state index is 12.3. The number of halogens is 1. The molecule has 0 bridgehead atoms. The molecule has 0 aliphatic heterocycles. The maximum Gasteiger partial charge on any atom is 0.407 e. The number of fused-ring (bicyclic) bond motifs is 4. The van der Waals surface area contributed by atoms with Crippen LogP contribution in [0, 0.1) is 11.8 Å². The van der Waals surface area contributed by atoms with Crippen molar-refractivity contribution in [2.45, 2.75) is 12.3 Å². The van der Waals surface area contributed by atoms with E-state index in [0.717, 1.165) is 16.3 Å². The standard InChI is InChI=1S/C29H22ClNO2/c30-27-17-8-12-21-11-7-10-20(28(21)27)9-5-6-18-31-29(32)33-19-26-24-15-3-1-13-22(24)23-14-2-4-16-25(23)26/h1-4,7-8,10-17,26H,6,18-19H2,(H,31,32). The lowest BCUT2D eigenvalue weighted by Gasteiger charge is -2.14. The highest BCUT2D eigenvalue weighted by Crippen LogP contribution is 2.44. The smallest absolute Gasteiger partial charge is 0.407 e.